The van der Waals surface area contributed by atoms with Gasteiger partial charge < -0.3 is 9.73 Å². The van der Waals surface area contributed by atoms with Crippen LogP contribution in [0.5, 0.6) is 0 Å². The summed E-state index contributed by atoms with van der Waals surface area (Å²) in [7, 11) is 2.03. The highest BCUT2D eigenvalue weighted by Gasteiger charge is 2.32. The molecule has 2 aromatic rings. The minimum Gasteiger partial charge on any atom is -0.458 e. The first-order valence-electron chi connectivity index (χ1n) is 7.58. The normalized spacial score (nSPS) is 24.4. The molecule has 0 radical (unpaired) electrons. The van der Waals surface area contributed by atoms with E-state index in [0.29, 0.717) is 17.0 Å². The van der Waals surface area contributed by atoms with Crippen LogP contribution in [0.3, 0.4) is 0 Å². The average Bonchev–Trinajstić information content (AvgIpc) is 3.07. The van der Waals surface area contributed by atoms with Gasteiger partial charge in [-0.05, 0) is 43.9 Å². The minimum atomic E-state index is 0.301. The van der Waals surface area contributed by atoms with Crippen LogP contribution in [-0.4, -0.2) is 7.05 Å². The Morgan fingerprint density at radius 2 is 2.25 bits per heavy atom. The van der Waals surface area contributed by atoms with Gasteiger partial charge in [-0.1, -0.05) is 43.5 Å². The van der Waals surface area contributed by atoms with Gasteiger partial charge in [-0.3, -0.25) is 0 Å². The van der Waals surface area contributed by atoms with E-state index in [0.717, 1.165) is 22.6 Å². The minimum absolute atomic E-state index is 0.301. The van der Waals surface area contributed by atoms with E-state index >= 15 is 0 Å². The van der Waals surface area contributed by atoms with Crippen molar-refractivity contribution >= 4 is 22.6 Å². The lowest BCUT2D eigenvalue weighted by atomic mass is 9.94. The number of nitrogens with one attached hydrogen (secondary N) is 1. The van der Waals surface area contributed by atoms with Crippen molar-refractivity contribution in [3.05, 3.63) is 35.0 Å². The van der Waals surface area contributed by atoms with Crippen LogP contribution >= 0.6 is 11.6 Å². The third-order valence-corrected chi connectivity index (χ3v) is 5.06. The second kappa shape index (κ2) is 5.79. The molecule has 0 spiro atoms. The van der Waals surface area contributed by atoms with Crippen LogP contribution in [0, 0.1) is 11.8 Å². The molecule has 1 heterocycles. The molecule has 108 valence electrons. The fourth-order valence-electron chi connectivity index (χ4n) is 3.60. The topological polar surface area (TPSA) is 25.2 Å². The first kappa shape index (κ1) is 14.0. The summed E-state index contributed by atoms with van der Waals surface area (Å²) in [5, 5.41) is 5.24. The summed E-state index contributed by atoms with van der Waals surface area (Å²) in [6.07, 6.45) is 5.22. The molecule has 0 amide bonds. The maximum atomic E-state index is 6.21. The van der Waals surface area contributed by atoms with Crippen LogP contribution in [-0.2, 0) is 0 Å². The molecule has 1 fully saturated rings. The van der Waals surface area contributed by atoms with Crippen molar-refractivity contribution in [2.75, 3.05) is 7.05 Å². The summed E-state index contributed by atoms with van der Waals surface area (Å²) in [5.74, 6) is 2.57. The molecule has 20 heavy (non-hydrogen) atoms. The number of rotatable bonds is 4. The summed E-state index contributed by atoms with van der Waals surface area (Å²) in [4.78, 5) is 0. The number of benzene rings is 1. The monoisotopic (exact) mass is 291 g/mol. The van der Waals surface area contributed by atoms with Crippen molar-refractivity contribution in [1.82, 2.24) is 5.32 Å². The highest BCUT2D eigenvalue weighted by Crippen LogP contribution is 2.41. The Morgan fingerprint density at radius 3 is 2.90 bits per heavy atom. The van der Waals surface area contributed by atoms with Crippen molar-refractivity contribution in [3.8, 4) is 0 Å². The van der Waals surface area contributed by atoms with Gasteiger partial charge in [0.1, 0.15) is 5.76 Å². The van der Waals surface area contributed by atoms with Crippen molar-refractivity contribution in [3.63, 3.8) is 0 Å². The molecule has 3 atom stereocenters. The summed E-state index contributed by atoms with van der Waals surface area (Å²) < 4.78 is 6.04. The zero-order valence-electron chi connectivity index (χ0n) is 12.2. The third kappa shape index (κ3) is 2.47. The van der Waals surface area contributed by atoms with E-state index in [1.807, 2.05) is 19.2 Å². The zero-order valence-corrected chi connectivity index (χ0v) is 12.9. The van der Waals surface area contributed by atoms with Crippen molar-refractivity contribution in [2.24, 2.45) is 11.8 Å². The molecule has 1 aliphatic carbocycles. The predicted molar refractivity (Wildman–Crippen MR) is 84.1 cm³/mol. The Bertz CT molecular complexity index is 592. The molecular weight excluding hydrogens is 270 g/mol. The molecule has 1 aliphatic rings. The van der Waals surface area contributed by atoms with Gasteiger partial charge in [0, 0.05) is 5.39 Å². The molecule has 1 N–H and O–H groups in total. The Kier molecular flexibility index (Phi) is 4.04. The molecule has 0 bridgehead atoms. The second-order valence-electron chi connectivity index (χ2n) is 5.92. The zero-order chi connectivity index (χ0) is 14.1. The van der Waals surface area contributed by atoms with Crippen LogP contribution in [0.2, 0.25) is 5.02 Å². The van der Waals surface area contributed by atoms with Gasteiger partial charge in [0.2, 0.25) is 0 Å². The third-order valence-electron chi connectivity index (χ3n) is 4.76. The lowest BCUT2D eigenvalue weighted by Crippen LogP contribution is -2.23. The van der Waals surface area contributed by atoms with Crippen LogP contribution in [0.15, 0.2) is 28.7 Å². The van der Waals surface area contributed by atoms with Gasteiger partial charge in [-0.2, -0.15) is 0 Å². The van der Waals surface area contributed by atoms with Gasteiger partial charge in [0.05, 0.1) is 11.1 Å². The van der Waals surface area contributed by atoms with Crippen LogP contribution in [0.25, 0.3) is 11.0 Å². The molecule has 2 nitrogen and oxygen atoms in total. The molecule has 3 unspecified atom stereocenters. The molecule has 1 aromatic carbocycles. The standard InChI is InChI=1S/C17H22ClNO/c1-3-11-7-8-12(9-11)16(19-2)15-10-13-5-4-6-14(18)17(13)20-15/h4-6,10-12,16,19H,3,7-9H2,1-2H3. The summed E-state index contributed by atoms with van der Waals surface area (Å²) in [6.45, 7) is 2.29. The SMILES string of the molecule is CCC1CCC(C(NC)c2cc3cccc(Cl)c3o2)C1. The molecular formula is C17H22ClNO. The lowest BCUT2D eigenvalue weighted by Gasteiger charge is -2.21. The first-order chi connectivity index (χ1) is 9.72. The quantitative estimate of drug-likeness (QED) is 0.840. The number of hydrogen-bond donors (Lipinski definition) is 1. The summed E-state index contributed by atoms with van der Waals surface area (Å²) in [5.41, 5.74) is 0.814. The largest absolute Gasteiger partial charge is 0.458 e. The van der Waals surface area contributed by atoms with Crippen molar-refractivity contribution in [2.45, 2.75) is 38.6 Å². The summed E-state index contributed by atoms with van der Waals surface area (Å²) >= 11 is 6.21. The molecule has 0 saturated heterocycles. The van der Waals surface area contributed by atoms with Gasteiger partial charge in [-0.25, -0.2) is 0 Å². The van der Waals surface area contributed by atoms with E-state index in [1.165, 1.54) is 25.7 Å². The molecule has 3 heteroatoms. The van der Waals surface area contributed by atoms with E-state index in [1.54, 1.807) is 0 Å². The number of fused-ring (bicyclic) bond motifs is 1. The van der Waals surface area contributed by atoms with Gasteiger partial charge >= 0.3 is 0 Å². The van der Waals surface area contributed by atoms with Gasteiger partial charge in [0.15, 0.2) is 5.58 Å². The van der Waals surface area contributed by atoms with E-state index in [-0.39, 0.29) is 0 Å². The first-order valence-corrected chi connectivity index (χ1v) is 7.96. The fraction of sp³-hybridized carbons (Fsp3) is 0.529. The fourth-order valence-corrected chi connectivity index (χ4v) is 3.82. The molecule has 0 aliphatic heterocycles. The van der Waals surface area contributed by atoms with Crippen molar-refractivity contribution < 1.29 is 4.42 Å². The van der Waals surface area contributed by atoms with Crippen LogP contribution in [0.4, 0.5) is 0 Å². The number of hydrogen-bond acceptors (Lipinski definition) is 2. The predicted octanol–water partition coefficient (Wildman–Crippen LogP) is 5.17. The Labute approximate surface area is 125 Å². The van der Waals surface area contributed by atoms with E-state index in [2.05, 4.69) is 24.4 Å². The highest BCUT2D eigenvalue weighted by molar-refractivity contribution is 6.34. The average molecular weight is 292 g/mol. The van der Waals surface area contributed by atoms with Gasteiger partial charge in [0.25, 0.3) is 0 Å². The van der Waals surface area contributed by atoms with E-state index in [4.69, 9.17) is 16.0 Å². The van der Waals surface area contributed by atoms with Crippen molar-refractivity contribution in [1.29, 1.82) is 0 Å². The maximum Gasteiger partial charge on any atom is 0.152 e. The smallest absolute Gasteiger partial charge is 0.152 e. The van der Waals surface area contributed by atoms with Gasteiger partial charge in [-0.15, -0.1) is 0 Å². The highest BCUT2D eigenvalue weighted by atomic mass is 35.5. The Hall–Kier alpha value is -0.990. The molecule has 3 rings (SSSR count). The van der Waals surface area contributed by atoms with Crippen LogP contribution in [0.1, 0.15) is 44.4 Å². The van der Waals surface area contributed by atoms with Crippen LogP contribution < -0.4 is 5.32 Å². The number of halogens is 1. The molecule has 1 saturated carbocycles. The Balaban J connectivity index is 1.89. The number of furan rings is 1. The molecule has 1 aromatic heterocycles. The number of para-hydroxylation sites is 1. The van der Waals surface area contributed by atoms with E-state index in [9.17, 15) is 0 Å². The van der Waals surface area contributed by atoms with E-state index < -0.39 is 0 Å². The summed E-state index contributed by atoms with van der Waals surface area (Å²) in [6, 6.07) is 8.36. The lowest BCUT2D eigenvalue weighted by molar-refractivity contribution is 0.326. The maximum absolute atomic E-state index is 6.21. The Morgan fingerprint density at radius 1 is 1.40 bits per heavy atom. The second-order valence-corrected chi connectivity index (χ2v) is 6.33.